The number of nitrogens with zero attached hydrogens (tertiary/aromatic N) is 4. The lowest BCUT2D eigenvalue weighted by Gasteiger charge is -2.21. The average molecular weight is 495 g/mol. The molecule has 3 heterocycles. The minimum atomic E-state index is -2.74. The Balaban J connectivity index is 1.75. The van der Waals surface area contributed by atoms with Crippen molar-refractivity contribution < 1.29 is 23.7 Å². The molecule has 1 saturated carbocycles. The summed E-state index contributed by atoms with van der Waals surface area (Å²) in [7, 11) is 1.60. The van der Waals surface area contributed by atoms with Gasteiger partial charge in [-0.1, -0.05) is 0 Å². The molecule has 5 atom stereocenters. The van der Waals surface area contributed by atoms with E-state index in [1.165, 1.54) is 11.3 Å². The number of halogens is 2. The van der Waals surface area contributed by atoms with E-state index < -0.39 is 30.6 Å². The fourth-order valence-corrected chi connectivity index (χ4v) is 5.17. The number of methoxy groups -OCH3 is 1. The van der Waals surface area contributed by atoms with Crippen molar-refractivity contribution in [1.29, 1.82) is 0 Å². The third-order valence-electron chi connectivity index (χ3n) is 6.12. The Bertz CT molecular complexity index is 1160. The molecule has 1 aliphatic rings. The SMILES string of the molecule is CO[C@H](C)CNc1nc(C)c(-c2nc3c(C)nccc3s2)c(N[C@@H]2C[C@H](C(F)F)[C@@H](O)[C@H]2O)n1. The number of hydrogen-bond donors (Lipinski definition) is 4. The smallest absolute Gasteiger partial charge is 0.244 e. The van der Waals surface area contributed by atoms with E-state index in [2.05, 4.69) is 25.6 Å². The predicted octanol–water partition coefficient (Wildman–Crippen LogP) is 3.00. The Morgan fingerprint density at radius 3 is 2.59 bits per heavy atom. The van der Waals surface area contributed by atoms with Crippen molar-refractivity contribution in [3.63, 3.8) is 0 Å². The van der Waals surface area contributed by atoms with Gasteiger partial charge in [0.15, 0.2) is 0 Å². The highest BCUT2D eigenvalue weighted by Gasteiger charge is 2.46. The summed E-state index contributed by atoms with van der Waals surface area (Å²) in [5, 5.41) is 27.4. The number of nitrogens with one attached hydrogen (secondary N) is 2. The molecule has 0 bridgehead atoms. The fraction of sp³-hybridized carbons (Fsp3) is 0.545. The van der Waals surface area contributed by atoms with Crippen LogP contribution in [0.15, 0.2) is 12.3 Å². The first-order chi connectivity index (χ1) is 16.2. The summed E-state index contributed by atoms with van der Waals surface area (Å²) >= 11 is 1.44. The van der Waals surface area contributed by atoms with Gasteiger partial charge in [-0.2, -0.15) is 4.98 Å². The summed E-state index contributed by atoms with van der Waals surface area (Å²) in [4.78, 5) is 18.2. The number of aliphatic hydroxyl groups is 2. The fourth-order valence-electron chi connectivity index (χ4n) is 4.05. The molecule has 0 amide bonds. The molecule has 12 heteroatoms. The van der Waals surface area contributed by atoms with E-state index in [9.17, 15) is 19.0 Å². The number of fused-ring (bicyclic) bond motifs is 1. The van der Waals surface area contributed by atoms with Gasteiger partial charge in [-0.05, 0) is 33.3 Å². The van der Waals surface area contributed by atoms with E-state index in [1.807, 2.05) is 26.8 Å². The van der Waals surface area contributed by atoms with Crippen molar-refractivity contribution in [2.24, 2.45) is 5.92 Å². The maximum absolute atomic E-state index is 13.4. The zero-order valence-corrected chi connectivity index (χ0v) is 20.1. The molecule has 34 heavy (non-hydrogen) atoms. The van der Waals surface area contributed by atoms with Gasteiger partial charge in [0.25, 0.3) is 0 Å². The molecule has 9 nitrogen and oxygen atoms in total. The predicted molar refractivity (Wildman–Crippen MR) is 126 cm³/mol. The van der Waals surface area contributed by atoms with Crippen LogP contribution in [0.1, 0.15) is 24.7 Å². The summed E-state index contributed by atoms with van der Waals surface area (Å²) in [6.07, 6.45) is -4.11. The van der Waals surface area contributed by atoms with Crippen molar-refractivity contribution in [1.82, 2.24) is 19.9 Å². The monoisotopic (exact) mass is 494 g/mol. The molecule has 4 N–H and O–H groups in total. The molecule has 3 aromatic heterocycles. The number of ether oxygens (including phenoxy) is 1. The molecule has 4 rings (SSSR count). The lowest BCUT2D eigenvalue weighted by molar-refractivity contribution is -0.0333. The molecule has 0 spiro atoms. The number of rotatable bonds is 8. The molecular formula is C22H28F2N6O3S. The Labute approximate surface area is 199 Å². The van der Waals surface area contributed by atoms with Crippen LogP contribution in [-0.2, 0) is 4.74 Å². The summed E-state index contributed by atoms with van der Waals surface area (Å²) in [6, 6.07) is 1.06. The topological polar surface area (TPSA) is 125 Å². The standard InChI is InChI=1S/C22H28F2N6O3S/c1-9(33-4)8-26-22-27-10(2)15(21-29-16-11(3)25-6-5-14(16)34-21)20(30-22)28-13-7-12(19(23)24)17(31)18(13)32/h5-6,9,12-13,17-19,31-32H,7-8H2,1-4H3,(H2,26,27,28,30)/t9-,12+,13-,17-,18+/m1/s1. The maximum atomic E-state index is 13.4. The van der Waals surface area contributed by atoms with Gasteiger partial charge < -0.3 is 25.6 Å². The van der Waals surface area contributed by atoms with E-state index in [-0.39, 0.29) is 12.5 Å². The first-order valence-electron chi connectivity index (χ1n) is 11.0. The first kappa shape index (κ1) is 24.6. The van der Waals surface area contributed by atoms with Crippen LogP contribution >= 0.6 is 11.3 Å². The second-order valence-corrected chi connectivity index (χ2v) is 9.54. The van der Waals surface area contributed by atoms with Gasteiger partial charge in [-0.25, -0.2) is 18.7 Å². The van der Waals surface area contributed by atoms with Gasteiger partial charge in [0.05, 0.1) is 45.8 Å². The highest BCUT2D eigenvalue weighted by molar-refractivity contribution is 7.21. The number of hydrogen-bond acceptors (Lipinski definition) is 10. The summed E-state index contributed by atoms with van der Waals surface area (Å²) in [5.74, 6) is -0.656. The molecule has 1 fully saturated rings. The van der Waals surface area contributed by atoms with Crippen LogP contribution in [0.25, 0.3) is 20.8 Å². The normalized spacial score (nSPS) is 23.6. The molecule has 0 radical (unpaired) electrons. The number of anilines is 2. The third kappa shape index (κ3) is 4.81. The lowest BCUT2D eigenvalue weighted by atomic mass is 10.1. The zero-order chi connectivity index (χ0) is 24.6. The highest BCUT2D eigenvalue weighted by atomic mass is 32.1. The minimum Gasteiger partial charge on any atom is -0.390 e. The summed E-state index contributed by atoms with van der Waals surface area (Å²) < 4.78 is 32.9. The molecule has 3 aromatic rings. The number of thiazole rings is 1. The number of aryl methyl sites for hydroxylation is 2. The lowest BCUT2D eigenvalue weighted by Crippen LogP contribution is -2.36. The van der Waals surface area contributed by atoms with Gasteiger partial charge >= 0.3 is 0 Å². The van der Waals surface area contributed by atoms with Crippen molar-refractivity contribution in [2.75, 3.05) is 24.3 Å². The van der Waals surface area contributed by atoms with E-state index in [0.717, 1.165) is 15.9 Å². The van der Waals surface area contributed by atoms with E-state index in [1.54, 1.807) is 13.3 Å². The van der Waals surface area contributed by atoms with E-state index >= 15 is 0 Å². The molecule has 1 aliphatic carbocycles. The average Bonchev–Trinajstić information content (AvgIpc) is 3.34. The molecule has 0 aromatic carbocycles. The van der Waals surface area contributed by atoms with Crippen LogP contribution in [-0.4, -0.2) is 74.6 Å². The van der Waals surface area contributed by atoms with Crippen LogP contribution in [0.2, 0.25) is 0 Å². The Morgan fingerprint density at radius 2 is 1.94 bits per heavy atom. The Kier molecular flexibility index (Phi) is 7.22. The maximum Gasteiger partial charge on any atom is 0.244 e. The first-order valence-corrected chi connectivity index (χ1v) is 11.8. The summed E-state index contributed by atoms with van der Waals surface area (Å²) in [5.41, 5.74) is 2.77. The van der Waals surface area contributed by atoms with Gasteiger partial charge in [0.2, 0.25) is 12.4 Å². The number of aliphatic hydroxyl groups excluding tert-OH is 2. The number of aromatic nitrogens is 4. The molecule has 0 unspecified atom stereocenters. The molecule has 0 saturated heterocycles. The number of alkyl halides is 2. The van der Waals surface area contributed by atoms with Crippen LogP contribution in [0.3, 0.4) is 0 Å². The highest BCUT2D eigenvalue weighted by Crippen LogP contribution is 2.39. The van der Waals surface area contributed by atoms with Crippen LogP contribution < -0.4 is 10.6 Å². The van der Waals surface area contributed by atoms with Gasteiger partial charge in [0, 0.05) is 19.9 Å². The van der Waals surface area contributed by atoms with Crippen LogP contribution in [0.5, 0.6) is 0 Å². The Hall–Kier alpha value is -2.54. The zero-order valence-electron chi connectivity index (χ0n) is 19.3. The van der Waals surface area contributed by atoms with Crippen molar-refractivity contribution in [3.05, 3.63) is 23.7 Å². The van der Waals surface area contributed by atoms with Crippen LogP contribution in [0, 0.1) is 19.8 Å². The van der Waals surface area contributed by atoms with E-state index in [0.29, 0.717) is 34.6 Å². The third-order valence-corrected chi connectivity index (χ3v) is 7.15. The van der Waals surface area contributed by atoms with Gasteiger partial charge in [-0.15, -0.1) is 11.3 Å². The second-order valence-electron chi connectivity index (χ2n) is 8.51. The van der Waals surface area contributed by atoms with Crippen molar-refractivity contribution in [3.8, 4) is 10.6 Å². The minimum absolute atomic E-state index is 0.0849. The largest absolute Gasteiger partial charge is 0.390 e. The molecule has 184 valence electrons. The van der Waals surface area contributed by atoms with Crippen molar-refractivity contribution >= 4 is 33.3 Å². The quantitative estimate of drug-likeness (QED) is 0.374. The van der Waals surface area contributed by atoms with Gasteiger partial charge in [0.1, 0.15) is 22.4 Å². The molecular weight excluding hydrogens is 466 g/mol. The van der Waals surface area contributed by atoms with Crippen molar-refractivity contribution in [2.45, 2.75) is 58.0 Å². The second kappa shape index (κ2) is 9.98. The van der Waals surface area contributed by atoms with Crippen LogP contribution in [0.4, 0.5) is 20.5 Å². The number of pyridine rings is 1. The van der Waals surface area contributed by atoms with E-state index in [4.69, 9.17) is 9.72 Å². The Morgan fingerprint density at radius 1 is 1.18 bits per heavy atom. The molecule has 0 aliphatic heterocycles. The summed E-state index contributed by atoms with van der Waals surface area (Å²) in [6.45, 7) is 6.04. The van der Waals surface area contributed by atoms with Gasteiger partial charge in [-0.3, -0.25) is 4.98 Å².